The molecule has 0 aliphatic carbocycles. The van der Waals surface area contributed by atoms with Crippen molar-refractivity contribution in [2.75, 3.05) is 5.75 Å². The third kappa shape index (κ3) is 4.25. The quantitative estimate of drug-likeness (QED) is 0.326. The Labute approximate surface area is 170 Å². The number of halogens is 2. The molecule has 0 unspecified atom stereocenters. The number of benzene rings is 3. The summed E-state index contributed by atoms with van der Waals surface area (Å²) in [7, 11) is 0. The molecule has 0 spiro atoms. The fraction of sp³-hybridized carbons (Fsp3) is 0.0455. The number of carbonyl (C=O) groups excluding carboxylic acids is 1. The van der Waals surface area contributed by atoms with Crippen molar-refractivity contribution in [3.05, 3.63) is 96.1 Å². The molecular formula is C22H15F2N3OS. The number of nitrogens with zero attached hydrogens (tertiary/aromatic N) is 3. The van der Waals surface area contributed by atoms with E-state index in [-0.39, 0.29) is 17.4 Å². The van der Waals surface area contributed by atoms with Crippen LogP contribution in [0.2, 0.25) is 0 Å². The second kappa shape index (κ2) is 8.36. The lowest BCUT2D eigenvalue weighted by atomic mass is 10.1. The normalized spacial score (nSPS) is 10.8. The lowest BCUT2D eigenvalue weighted by molar-refractivity contribution is 0.102. The zero-order valence-electron chi connectivity index (χ0n) is 15.1. The van der Waals surface area contributed by atoms with Gasteiger partial charge in [0.15, 0.2) is 16.8 Å². The third-order valence-corrected chi connectivity index (χ3v) is 5.18. The molecule has 0 N–H and O–H groups in total. The molecule has 0 saturated carbocycles. The van der Waals surface area contributed by atoms with Gasteiger partial charge in [0, 0.05) is 16.8 Å². The van der Waals surface area contributed by atoms with Gasteiger partial charge in [-0.3, -0.25) is 9.36 Å². The van der Waals surface area contributed by atoms with Crippen LogP contribution in [0, 0.1) is 11.6 Å². The first kappa shape index (κ1) is 19.0. The molecule has 4 nitrogen and oxygen atoms in total. The predicted octanol–water partition coefficient (Wildman–Crippen LogP) is 5.19. The Morgan fingerprint density at radius 1 is 0.828 bits per heavy atom. The molecule has 0 aliphatic rings. The average molecular weight is 407 g/mol. The number of hydrogen-bond donors (Lipinski definition) is 0. The Morgan fingerprint density at radius 2 is 1.45 bits per heavy atom. The van der Waals surface area contributed by atoms with E-state index in [4.69, 9.17) is 0 Å². The molecule has 0 saturated heterocycles. The van der Waals surface area contributed by atoms with Gasteiger partial charge in [0.1, 0.15) is 11.6 Å². The molecule has 4 aromatic rings. The molecule has 0 bridgehead atoms. The topological polar surface area (TPSA) is 47.8 Å². The van der Waals surface area contributed by atoms with Gasteiger partial charge in [-0.25, -0.2) is 8.78 Å². The molecule has 0 radical (unpaired) electrons. The van der Waals surface area contributed by atoms with Crippen molar-refractivity contribution < 1.29 is 13.6 Å². The highest BCUT2D eigenvalue weighted by molar-refractivity contribution is 7.99. The number of hydrogen-bond acceptors (Lipinski definition) is 4. The van der Waals surface area contributed by atoms with Crippen molar-refractivity contribution in [1.29, 1.82) is 0 Å². The van der Waals surface area contributed by atoms with Crippen LogP contribution < -0.4 is 0 Å². The van der Waals surface area contributed by atoms with E-state index >= 15 is 0 Å². The molecule has 0 atom stereocenters. The molecule has 7 heteroatoms. The van der Waals surface area contributed by atoms with Gasteiger partial charge in [0.25, 0.3) is 0 Å². The summed E-state index contributed by atoms with van der Waals surface area (Å²) in [4.78, 5) is 12.4. The summed E-state index contributed by atoms with van der Waals surface area (Å²) in [5, 5.41) is 9.03. The van der Waals surface area contributed by atoms with Gasteiger partial charge < -0.3 is 0 Å². The van der Waals surface area contributed by atoms with Crippen LogP contribution in [-0.2, 0) is 0 Å². The highest BCUT2D eigenvalue weighted by Crippen LogP contribution is 2.28. The number of carbonyl (C=O) groups is 1. The first-order valence-electron chi connectivity index (χ1n) is 8.80. The SMILES string of the molecule is O=C(CSc1nnc(-c2ccccc2)n1-c1ccc(F)cc1)c1ccc(F)cc1. The van der Waals surface area contributed by atoms with E-state index in [0.29, 0.717) is 22.2 Å². The number of thioether (sulfide) groups is 1. The minimum absolute atomic E-state index is 0.111. The molecule has 144 valence electrons. The fourth-order valence-corrected chi connectivity index (χ4v) is 3.66. The average Bonchev–Trinajstić information content (AvgIpc) is 3.17. The zero-order valence-corrected chi connectivity index (χ0v) is 15.9. The minimum atomic E-state index is -0.391. The summed E-state index contributed by atoms with van der Waals surface area (Å²) < 4.78 is 28.3. The Morgan fingerprint density at radius 3 is 2.10 bits per heavy atom. The lowest BCUT2D eigenvalue weighted by Gasteiger charge is -2.10. The van der Waals surface area contributed by atoms with Crippen LogP contribution in [0.25, 0.3) is 17.1 Å². The predicted molar refractivity (Wildman–Crippen MR) is 108 cm³/mol. The van der Waals surface area contributed by atoms with Crippen molar-refractivity contribution in [3.8, 4) is 17.1 Å². The van der Waals surface area contributed by atoms with E-state index in [2.05, 4.69) is 10.2 Å². The molecule has 0 aliphatic heterocycles. The second-order valence-electron chi connectivity index (χ2n) is 6.20. The monoisotopic (exact) mass is 407 g/mol. The van der Waals surface area contributed by atoms with Gasteiger partial charge in [-0.15, -0.1) is 10.2 Å². The summed E-state index contributed by atoms with van der Waals surface area (Å²) in [5.41, 5.74) is 1.96. The van der Waals surface area contributed by atoms with Gasteiger partial charge in [-0.1, -0.05) is 42.1 Å². The van der Waals surface area contributed by atoms with Gasteiger partial charge >= 0.3 is 0 Å². The summed E-state index contributed by atoms with van der Waals surface area (Å²) in [6.07, 6.45) is 0. The van der Waals surface area contributed by atoms with E-state index in [1.54, 1.807) is 16.7 Å². The number of rotatable bonds is 6. The van der Waals surface area contributed by atoms with Crippen LogP contribution in [0.15, 0.2) is 84.0 Å². The smallest absolute Gasteiger partial charge is 0.196 e. The summed E-state index contributed by atoms with van der Waals surface area (Å²) in [5.74, 6) is -0.180. The van der Waals surface area contributed by atoms with Crippen LogP contribution in [0.1, 0.15) is 10.4 Å². The first-order chi connectivity index (χ1) is 14.1. The first-order valence-corrected chi connectivity index (χ1v) is 9.79. The van der Waals surface area contributed by atoms with Crippen LogP contribution in [0.5, 0.6) is 0 Å². The minimum Gasteiger partial charge on any atom is -0.293 e. The Bertz CT molecular complexity index is 1130. The Kier molecular flexibility index (Phi) is 5.48. The number of ketones is 1. The van der Waals surface area contributed by atoms with Gasteiger partial charge in [0.05, 0.1) is 5.75 Å². The van der Waals surface area contributed by atoms with Gasteiger partial charge in [0.2, 0.25) is 0 Å². The molecule has 4 rings (SSSR count). The van der Waals surface area contributed by atoms with Crippen molar-refractivity contribution in [2.24, 2.45) is 0 Å². The van der Waals surface area contributed by atoms with Gasteiger partial charge in [-0.05, 0) is 48.5 Å². The van der Waals surface area contributed by atoms with E-state index in [9.17, 15) is 13.6 Å². The molecular weight excluding hydrogens is 392 g/mol. The Balaban J connectivity index is 1.66. The summed E-state index contributed by atoms with van der Waals surface area (Å²) in [6, 6.07) is 20.9. The molecule has 29 heavy (non-hydrogen) atoms. The van der Waals surface area contributed by atoms with E-state index in [1.807, 2.05) is 30.3 Å². The van der Waals surface area contributed by atoms with Gasteiger partial charge in [-0.2, -0.15) is 0 Å². The van der Waals surface area contributed by atoms with Crippen LogP contribution >= 0.6 is 11.8 Å². The lowest BCUT2D eigenvalue weighted by Crippen LogP contribution is -2.05. The van der Waals surface area contributed by atoms with Crippen LogP contribution in [0.3, 0.4) is 0 Å². The number of Topliss-reactive ketones (excluding diaryl/α,β-unsaturated/α-hetero) is 1. The van der Waals surface area contributed by atoms with E-state index in [0.717, 1.165) is 5.56 Å². The van der Waals surface area contributed by atoms with Crippen molar-refractivity contribution in [3.63, 3.8) is 0 Å². The second-order valence-corrected chi connectivity index (χ2v) is 7.15. The van der Waals surface area contributed by atoms with Crippen molar-refractivity contribution in [2.45, 2.75) is 5.16 Å². The molecule has 0 fully saturated rings. The third-order valence-electron chi connectivity index (χ3n) is 4.25. The maximum Gasteiger partial charge on any atom is 0.196 e. The maximum absolute atomic E-state index is 13.4. The molecule has 0 amide bonds. The van der Waals surface area contributed by atoms with Crippen molar-refractivity contribution >= 4 is 17.5 Å². The number of aromatic nitrogens is 3. The van der Waals surface area contributed by atoms with E-state index < -0.39 is 5.82 Å². The van der Waals surface area contributed by atoms with Crippen molar-refractivity contribution in [1.82, 2.24) is 14.8 Å². The molecule has 3 aromatic carbocycles. The highest BCUT2D eigenvalue weighted by Gasteiger charge is 2.17. The zero-order chi connectivity index (χ0) is 20.2. The van der Waals surface area contributed by atoms with Crippen LogP contribution in [-0.4, -0.2) is 26.3 Å². The standard InChI is InChI=1S/C22H15F2N3OS/c23-17-8-6-15(7-9-17)20(28)14-29-22-26-25-21(16-4-2-1-3-5-16)27(22)19-12-10-18(24)11-13-19/h1-13H,14H2. The Hall–Kier alpha value is -3.32. The largest absolute Gasteiger partial charge is 0.293 e. The summed E-state index contributed by atoms with van der Waals surface area (Å²) in [6.45, 7) is 0. The summed E-state index contributed by atoms with van der Waals surface area (Å²) >= 11 is 1.22. The van der Waals surface area contributed by atoms with E-state index in [1.165, 1.54) is 48.2 Å². The molecule has 1 heterocycles. The maximum atomic E-state index is 13.4. The molecule has 1 aromatic heterocycles. The fourth-order valence-electron chi connectivity index (χ4n) is 2.81. The van der Waals surface area contributed by atoms with Crippen LogP contribution in [0.4, 0.5) is 8.78 Å². The highest BCUT2D eigenvalue weighted by atomic mass is 32.2.